The molecule has 53 heavy (non-hydrogen) atoms. The molecule has 4 aromatic heterocycles. The second-order valence-corrected chi connectivity index (χ2v) is 13.4. The molecule has 0 amide bonds. The number of fused-ring (bicyclic) bond motifs is 8. The molecule has 0 aliphatic heterocycles. The summed E-state index contributed by atoms with van der Waals surface area (Å²) < 4.78 is 12.8. The summed E-state index contributed by atoms with van der Waals surface area (Å²) in [4.78, 5) is 11.7. The van der Waals surface area contributed by atoms with Crippen molar-refractivity contribution in [2.24, 2.45) is 0 Å². The maximum Gasteiger partial charge on any atom is 0.227 e. The van der Waals surface area contributed by atoms with E-state index < -0.39 is 0 Å². The lowest BCUT2D eigenvalue weighted by molar-refractivity contribution is 0.655. The van der Waals surface area contributed by atoms with Crippen LogP contribution in [0.3, 0.4) is 0 Å². The maximum atomic E-state index is 6.47. The van der Waals surface area contributed by atoms with Crippen molar-refractivity contribution in [1.82, 2.24) is 9.97 Å². The molecule has 7 aromatic carbocycles. The van der Waals surface area contributed by atoms with Gasteiger partial charge < -0.3 is 13.7 Å². The number of aromatic nitrogens is 2. The van der Waals surface area contributed by atoms with Crippen molar-refractivity contribution in [2.75, 3.05) is 4.90 Å². The van der Waals surface area contributed by atoms with Crippen LogP contribution in [-0.4, -0.2) is 9.97 Å². The maximum absolute atomic E-state index is 6.47. The lowest BCUT2D eigenvalue weighted by Crippen LogP contribution is -2.09. The third-order valence-corrected chi connectivity index (χ3v) is 10.3. The van der Waals surface area contributed by atoms with Crippen LogP contribution in [0.15, 0.2) is 185 Å². The van der Waals surface area contributed by atoms with Crippen molar-refractivity contribution in [3.63, 3.8) is 0 Å². The lowest BCUT2D eigenvalue weighted by Gasteiger charge is -2.26. The quantitative estimate of drug-likeness (QED) is 0.181. The van der Waals surface area contributed by atoms with Crippen LogP contribution in [0.4, 0.5) is 17.1 Å². The van der Waals surface area contributed by atoms with E-state index >= 15 is 0 Å². The number of hydrogen-bond donors (Lipinski definition) is 0. The largest absolute Gasteiger partial charge is 0.454 e. The Kier molecular flexibility index (Phi) is 6.48. The molecule has 0 aliphatic carbocycles. The van der Waals surface area contributed by atoms with E-state index in [1.54, 1.807) is 6.20 Å². The van der Waals surface area contributed by atoms with Crippen LogP contribution in [0.2, 0.25) is 0 Å². The summed E-state index contributed by atoms with van der Waals surface area (Å²) in [6.45, 7) is 0. The molecule has 0 aliphatic rings. The monoisotopic (exact) mass is 679 g/mol. The summed E-state index contributed by atoms with van der Waals surface area (Å²) in [5, 5.41) is 6.59. The van der Waals surface area contributed by atoms with Crippen LogP contribution in [-0.2, 0) is 0 Å². The highest BCUT2D eigenvalue weighted by Crippen LogP contribution is 2.41. The smallest absolute Gasteiger partial charge is 0.227 e. The summed E-state index contributed by atoms with van der Waals surface area (Å²) in [6, 6.07) is 59.5. The van der Waals surface area contributed by atoms with E-state index in [2.05, 4.69) is 155 Å². The predicted octanol–water partition coefficient (Wildman–Crippen LogP) is 13.4. The number of rotatable bonds is 5. The number of hydrogen-bond acceptors (Lipinski definition) is 5. The minimum Gasteiger partial charge on any atom is -0.454 e. The zero-order chi connectivity index (χ0) is 34.9. The van der Waals surface area contributed by atoms with Gasteiger partial charge in [0.2, 0.25) is 5.71 Å². The van der Waals surface area contributed by atoms with Crippen LogP contribution >= 0.6 is 0 Å². The standard InChI is InChI=1S/C48H29N3O2/c1-2-8-33-27-34(15-14-30(33)7-1)31-16-20-36(21-17-31)51(38-24-25-42-44(29-38)52-45-28-35-9-3-4-13-43(35)50-46(42)45)37-22-18-32(19-23-37)39-10-5-11-40-41-12-6-26-49-48(41)53-47(39)40/h1-29H. The zero-order valence-electron chi connectivity index (χ0n) is 28.4. The predicted molar refractivity (Wildman–Crippen MR) is 217 cm³/mol. The van der Waals surface area contributed by atoms with Gasteiger partial charge in [-0.25, -0.2) is 9.97 Å². The zero-order valence-corrected chi connectivity index (χ0v) is 28.4. The Hall–Kier alpha value is -7.24. The first-order valence-electron chi connectivity index (χ1n) is 17.7. The highest BCUT2D eigenvalue weighted by molar-refractivity contribution is 6.09. The molecular formula is C48H29N3O2. The normalized spacial score (nSPS) is 11.8. The van der Waals surface area contributed by atoms with E-state index in [0.717, 1.165) is 83.1 Å². The van der Waals surface area contributed by atoms with Gasteiger partial charge in [-0.15, -0.1) is 0 Å². The summed E-state index contributed by atoms with van der Waals surface area (Å²) in [7, 11) is 0. The summed E-state index contributed by atoms with van der Waals surface area (Å²) >= 11 is 0. The fourth-order valence-electron chi connectivity index (χ4n) is 7.69. The number of nitrogens with zero attached hydrogens (tertiary/aromatic N) is 3. The molecule has 0 radical (unpaired) electrons. The Balaban J connectivity index is 1.03. The third-order valence-electron chi connectivity index (χ3n) is 10.3. The van der Waals surface area contributed by atoms with Crippen molar-refractivity contribution in [2.45, 2.75) is 0 Å². The first kappa shape index (κ1) is 29.5. The summed E-state index contributed by atoms with van der Waals surface area (Å²) in [5.74, 6) is 0. The van der Waals surface area contributed by atoms with Crippen molar-refractivity contribution in [3.8, 4) is 22.3 Å². The van der Waals surface area contributed by atoms with E-state index in [1.165, 1.54) is 16.3 Å². The molecule has 0 unspecified atom stereocenters. The lowest BCUT2D eigenvalue weighted by atomic mass is 10.0. The molecule has 0 saturated heterocycles. The van der Waals surface area contributed by atoms with Crippen molar-refractivity contribution in [3.05, 3.63) is 176 Å². The van der Waals surface area contributed by atoms with Gasteiger partial charge in [-0.3, -0.25) is 0 Å². The molecule has 4 heterocycles. The third kappa shape index (κ3) is 4.86. The highest BCUT2D eigenvalue weighted by atomic mass is 16.3. The number of para-hydroxylation sites is 2. The molecule has 5 heteroatoms. The Morgan fingerprint density at radius 3 is 2.00 bits per heavy atom. The van der Waals surface area contributed by atoms with Crippen molar-refractivity contribution in [1.29, 1.82) is 0 Å². The first-order valence-corrected chi connectivity index (χ1v) is 17.7. The molecule has 0 N–H and O–H groups in total. The average Bonchev–Trinajstić information content (AvgIpc) is 3.78. The number of anilines is 3. The van der Waals surface area contributed by atoms with Crippen LogP contribution in [0.25, 0.3) is 88.1 Å². The van der Waals surface area contributed by atoms with Crippen LogP contribution < -0.4 is 4.90 Å². The molecular weight excluding hydrogens is 651 g/mol. The van der Waals surface area contributed by atoms with Crippen LogP contribution in [0.5, 0.6) is 0 Å². The molecule has 0 spiro atoms. The first-order chi connectivity index (χ1) is 26.2. The molecule has 248 valence electrons. The molecule has 11 rings (SSSR count). The Morgan fingerprint density at radius 2 is 1.15 bits per heavy atom. The van der Waals surface area contributed by atoms with Gasteiger partial charge in [0.25, 0.3) is 0 Å². The molecule has 11 aromatic rings. The fourth-order valence-corrected chi connectivity index (χ4v) is 7.69. The van der Waals surface area contributed by atoms with Gasteiger partial charge in [0, 0.05) is 56.4 Å². The van der Waals surface area contributed by atoms with Crippen LogP contribution in [0, 0.1) is 0 Å². The number of pyridine rings is 2. The van der Waals surface area contributed by atoms with Gasteiger partial charge in [-0.2, -0.15) is 0 Å². The molecule has 5 nitrogen and oxygen atoms in total. The van der Waals surface area contributed by atoms with Gasteiger partial charge in [-0.05, 0) is 94.2 Å². The van der Waals surface area contributed by atoms with Gasteiger partial charge in [0.05, 0.1) is 5.52 Å². The van der Waals surface area contributed by atoms with Gasteiger partial charge in [0.1, 0.15) is 16.7 Å². The van der Waals surface area contributed by atoms with Gasteiger partial charge in [-0.1, -0.05) is 97.1 Å². The second-order valence-electron chi connectivity index (χ2n) is 13.4. The SMILES string of the molecule is c1ccc2cc(-c3ccc(N(c4ccc(-c5cccc6c5oc5ncccc56)cc4)c4ccc5c(c4)oc4cc6ccccc6nc45)cc3)ccc2c1. The van der Waals surface area contributed by atoms with E-state index in [4.69, 9.17) is 13.8 Å². The van der Waals surface area contributed by atoms with Gasteiger partial charge in [0.15, 0.2) is 5.58 Å². The van der Waals surface area contributed by atoms with E-state index in [-0.39, 0.29) is 0 Å². The van der Waals surface area contributed by atoms with E-state index in [1.807, 2.05) is 24.3 Å². The van der Waals surface area contributed by atoms with E-state index in [9.17, 15) is 0 Å². The molecule has 0 saturated carbocycles. The fraction of sp³-hybridized carbons (Fsp3) is 0. The average molecular weight is 680 g/mol. The molecule has 0 fully saturated rings. The second kappa shape index (κ2) is 11.7. The molecule has 0 atom stereocenters. The van der Waals surface area contributed by atoms with Crippen molar-refractivity contribution >= 4 is 82.9 Å². The minimum absolute atomic E-state index is 0.647. The summed E-state index contributed by atoms with van der Waals surface area (Å²) in [5.41, 5.74) is 12.4. The number of furan rings is 2. The summed E-state index contributed by atoms with van der Waals surface area (Å²) in [6.07, 6.45) is 1.77. The Bertz CT molecular complexity index is 3180. The Morgan fingerprint density at radius 1 is 0.434 bits per heavy atom. The number of benzene rings is 7. The van der Waals surface area contributed by atoms with E-state index in [0.29, 0.717) is 5.71 Å². The minimum atomic E-state index is 0.647. The van der Waals surface area contributed by atoms with Crippen LogP contribution in [0.1, 0.15) is 0 Å². The molecule has 0 bridgehead atoms. The van der Waals surface area contributed by atoms with Gasteiger partial charge >= 0.3 is 0 Å². The topological polar surface area (TPSA) is 55.3 Å². The Labute approximate surface area is 304 Å². The highest BCUT2D eigenvalue weighted by Gasteiger charge is 2.18. The van der Waals surface area contributed by atoms with Crippen molar-refractivity contribution < 1.29 is 8.83 Å².